The van der Waals surface area contributed by atoms with Crippen LogP contribution < -0.4 is 31.1 Å². The van der Waals surface area contributed by atoms with Crippen molar-refractivity contribution in [1.29, 1.82) is 0 Å². The highest BCUT2D eigenvalue weighted by Gasteiger charge is 2.43. The van der Waals surface area contributed by atoms with Crippen LogP contribution in [0.5, 0.6) is 5.75 Å². The summed E-state index contributed by atoms with van der Waals surface area (Å²) >= 11 is 0. The first-order chi connectivity index (χ1) is 20.4. The van der Waals surface area contributed by atoms with Gasteiger partial charge in [0, 0.05) is 38.6 Å². The van der Waals surface area contributed by atoms with E-state index in [1.807, 2.05) is 49.8 Å². The summed E-state index contributed by atoms with van der Waals surface area (Å²) in [6, 6.07) is 8.79. The average Bonchev–Trinajstić information content (AvgIpc) is 3.25. The van der Waals surface area contributed by atoms with E-state index < -0.39 is 29.2 Å². The van der Waals surface area contributed by atoms with Crippen LogP contribution in [0.1, 0.15) is 40.5 Å². The minimum atomic E-state index is -0.598. The maximum atomic E-state index is 14.2. The summed E-state index contributed by atoms with van der Waals surface area (Å²) in [6.07, 6.45) is 0.787. The topological polar surface area (TPSA) is 114 Å². The number of nitrogens with zero attached hydrogens (tertiary/aromatic N) is 6. The zero-order valence-electron chi connectivity index (χ0n) is 25.8. The number of fused-ring (bicyclic) bond motifs is 2. The molecule has 0 bridgehead atoms. The van der Waals surface area contributed by atoms with Crippen molar-refractivity contribution in [1.82, 2.24) is 24.3 Å². The largest absolute Gasteiger partial charge is 0.497 e. The molecule has 1 fully saturated rings. The molecule has 1 amide bonds. The molecule has 2 atom stereocenters. The van der Waals surface area contributed by atoms with Crippen LogP contribution in [-0.4, -0.2) is 76.8 Å². The standard InChI is InChI=1S/C31H39N7O5/c1-8-9-17-37-25-26(34(5)29(37)36-16-10-11-21(19-36)32-28(40)43-31(2,3)4)35(6)30(41)38(27(25)39)24-15-12-20-18-22(42-7)13-14-23(20)33-24/h12-15,18,21,29H,10-11,16-17,19H2,1-7H3,(H,32,40)/t21-,29?/m1/s1. The highest BCUT2D eigenvalue weighted by molar-refractivity contribution is 5.81. The number of alkyl carbamates (subject to hydrolysis) is 1. The van der Waals surface area contributed by atoms with Crippen LogP contribution >= 0.6 is 0 Å². The van der Waals surface area contributed by atoms with Crippen LogP contribution in [0.2, 0.25) is 0 Å². The predicted molar refractivity (Wildman–Crippen MR) is 166 cm³/mol. The molecule has 4 heterocycles. The maximum absolute atomic E-state index is 14.2. The van der Waals surface area contributed by atoms with Crippen LogP contribution in [0.4, 0.5) is 16.3 Å². The Balaban J connectivity index is 1.54. The smallest absolute Gasteiger partial charge is 0.407 e. The number of ether oxygens (including phenoxy) is 2. The van der Waals surface area contributed by atoms with Gasteiger partial charge in [-0.3, -0.25) is 14.3 Å². The van der Waals surface area contributed by atoms with Crippen molar-refractivity contribution in [2.45, 2.75) is 58.5 Å². The summed E-state index contributed by atoms with van der Waals surface area (Å²) in [5.41, 5.74) is -0.560. The molecule has 1 aromatic carbocycles. The number of benzene rings is 1. The second-order valence-electron chi connectivity index (χ2n) is 11.9. The fourth-order valence-electron chi connectivity index (χ4n) is 5.90. The lowest BCUT2D eigenvalue weighted by Gasteiger charge is -2.42. The molecule has 43 heavy (non-hydrogen) atoms. The van der Waals surface area contributed by atoms with Crippen molar-refractivity contribution >= 4 is 28.5 Å². The Hall–Kier alpha value is -4.50. The third kappa shape index (κ3) is 5.77. The molecule has 2 aliphatic rings. The van der Waals surface area contributed by atoms with Gasteiger partial charge in [0.2, 0.25) is 0 Å². The van der Waals surface area contributed by atoms with Crippen molar-refractivity contribution in [3.63, 3.8) is 0 Å². The summed E-state index contributed by atoms with van der Waals surface area (Å²) in [4.78, 5) is 51.3. The molecule has 12 heteroatoms. The number of hydrogen-bond acceptors (Lipinski definition) is 9. The number of carbonyl (C=O) groups is 1. The van der Waals surface area contributed by atoms with E-state index >= 15 is 0 Å². The lowest BCUT2D eigenvalue weighted by Crippen LogP contribution is -2.60. The zero-order valence-corrected chi connectivity index (χ0v) is 25.8. The van der Waals surface area contributed by atoms with Crippen LogP contribution in [0, 0.1) is 11.8 Å². The Morgan fingerprint density at radius 2 is 1.93 bits per heavy atom. The number of anilines is 2. The Bertz CT molecular complexity index is 1730. The van der Waals surface area contributed by atoms with Gasteiger partial charge in [-0.1, -0.05) is 5.92 Å². The number of rotatable bonds is 5. The lowest BCUT2D eigenvalue weighted by molar-refractivity contribution is 0.0456. The summed E-state index contributed by atoms with van der Waals surface area (Å²) in [5.74, 6) is 7.48. The van der Waals surface area contributed by atoms with E-state index in [-0.39, 0.29) is 18.4 Å². The highest BCUT2D eigenvalue weighted by Crippen LogP contribution is 2.37. The van der Waals surface area contributed by atoms with Gasteiger partial charge >= 0.3 is 11.8 Å². The van der Waals surface area contributed by atoms with Gasteiger partial charge in [0.1, 0.15) is 28.7 Å². The van der Waals surface area contributed by atoms with Gasteiger partial charge in [-0.25, -0.2) is 19.1 Å². The average molecular weight is 590 g/mol. The van der Waals surface area contributed by atoms with Crippen LogP contribution in [0.25, 0.3) is 16.7 Å². The highest BCUT2D eigenvalue weighted by atomic mass is 16.6. The summed E-state index contributed by atoms with van der Waals surface area (Å²) in [7, 11) is 5.13. The maximum Gasteiger partial charge on any atom is 0.407 e. The molecule has 3 aromatic rings. The minimum Gasteiger partial charge on any atom is -0.497 e. The minimum absolute atomic E-state index is 0.138. The lowest BCUT2D eigenvalue weighted by atomic mass is 10.1. The molecule has 1 unspecified atom stereocenters. The quantitative estimate of drug-likeness (QED) is 0.449. The van der Waals surface area contributed by atoms with E-state index in [1.54, 1.807) is 39.3 Å². The van der Waals surface area contributed by atoms with Crippen molar-refractivity contribution in [2.75, 3.05) is 43.6 Å². The first kappa shape index (κ1) is 30.0. The second kappa shape index (κ2) is 11.6. The Morgan fingerprint density at radius 3 is 2.63 bits per heavy atom. The molecule has 2 aliphatic heterocycles. The Kier molecular flexibility index (Phi) is 8.12. The summed E-state index contributed by atoms with van der Waals surface area (Å²) in [5, 5.41) is 3.83. The zero-order chi connectivity index (χ0) is 31.1. The van der Waals surface area contributed by atoms with E-state index in [9.17, 15) is 14.4 Å². The molecular weight excluding hydrogens is 550 g/mol. The molecule has 0 radical (unpaired) electrons. The van der Waals surface area contributed by atoms with E-state index in [2.05, 4.69) is 27.0 Å². The van der Waals surface area contributed by atoms with Gasteiger partial charge in [0.15, 0.2) is 6.29 Å². The molecule has 228 valence electrons. The van der Waals surface area contributed by atoms with Gasteiger partial charge < -0.3 is 24.6 Å². The van der Waals surface area contributed by atoms with Gasteiger partial charge in [-0.05, 0) is 70.9 Å². The van der Waals surface area contributed by atoms with E-state index in [4.69, 9.17) is 9.47 Å². The summed E-state index contributed by atoms with van der Waals surface area (Å²) in [6.45, 7) is 8.80. The van der Waals surface area contributed by atoms with E-state index in [1.165, 1.54) is 4.57 Å². The number of likely N-dealkylation sites (tertiary alicyclic amines) is 1. The fourth-order valence-corrected chi connectivity index (χ4v) is 5.90. The van der Waals surface area contributed by atoms with Crippen molar-refractivity contribution in [2.24, 2.45) is 7.05 Å². The molecule has 1 saturated heterocycles. The molecule has 5 rings (SSSR count). The van der Waals surface area contributed by atoms with Gasteiger partial charge in [0.25, 0.3) is 5.56 Å². The molecule has 1 N–H and O–H groups in total. The van der Waals surface area contributed by atoms with Crippen LogP contribution in [-0.2, 0) is 11.8 Å². The molecule has 12 nitrogen and oxygen atoms in total. The second-order valence-corrected chi connectivity index (χ2v) is 11.9. The normalized spacial score (nSPS) is 18.7. The number of carbonyl (C=O) groups excluding carboxylic acids is 1. The third-order valence-corrected chi connectivity index (χ3v) is 7.70. The SMILES string of the molecule is CC#CCN1c2c(n(C)c(=O)n(-c3ccc4cc(OC)ccc4n3)c2=O)N(C)C1N1CCC[C@@H](NC(=O)OC(C)(C)C)C1. The first-order valence-corrected chi connectivity index (χ1v) is 14.4. The molecule has 0 saturated carbocycles. The van der Waals surface area contributed by atoms with Gasteiger partial charge in [-0.15, -0.1) is 5.92 Å². The number of hydrogen-bond donors (Lipinski definition) is 1. The van der Waals surface area contributed by atoms with Gasteiger partial charge in [0.05, 0.1) is 19.2 Å². The predicted octanol–water partition coefficient (Wildman–Crippen LogP) is 2.65. The molecule has 0 spiro atoms. The first-order valence-electron chi connectivity index (χ1n) is 14.4. The Labute approximate surface area is 250 Å². The van der Waals surface area contributed by atoms with Crippen molar-refractivity contribution < 1.29 is 14.3 Å². The van der Waals surface area contributed by atoms with Crippen molar-refractivity contribution in [3.05, 3.63) is 51.2 Å². The number of piperidine rings is 1. The van der Waals surface area contributed by atoms with E-state index in [0.717, 1.165) is 29.3 Å². The Morgan fingerprint density at radius 1 is 1.16 bits per heavy atom. The van der Waals surface area contributed by atoms with Crippen LogP contribution in [0.3, 0.4) is 0 Å². The van der Waals surface area contributed by atoms with E-state index in [0.29, 0.717) is 29.3 Å². The number of aromatic nitrogens is 3. The number of nitrogens with one attached hydrogen (secondary N) is 1. The molecule has 2 aromatic heterocycles. The van der Waals surface area contributed by atoms with Crippen LogP contribution in [0.15, 0.2) is 39.9 Å². The van der Waals surface area contributed by atoms with Crippen molar-refractivity contribution in [3.8, 4) is 23.4 Å². The number of amides is 1. The fraction of sp³-hybridized carbons (Fsp3) is 0.484. The monoisotopic (exact) mass is 589 g/mol. The molecular formula is C31H39N7O5. The molecule has 0 aliphatic carbocycles. The number of pyridine rings is 1. The third-order valence-electron chi connectivity index (χ3n) is 7.70. The van der Waals surface area contributed by atoms with Gasteiger partial charge in [-0.2, -0.15) is 0 Å². The summed E-state index contributed by atoms with van der Waals surface area (Å²) < 4.78 is 13.4. The number of methoxy groups -OCH3 is 1.